The minimum Gasteiger partial charge on any atom is -0.494 e. The molecule has 6 heteroatoms. The minimum absolute atomic E-state index is 0.0316. The van der Waals surface area contributed by atoms with Crippen molar-refractivity contribution in [1.82, 2.24) is 5.32 Å². The van der Waals surface area contributed by atoms with Crippen molar-refractivity contribution in [2.45, 2.75) is 26.4 Å². The Balaban J connectivity index is 1.87. The summed E-state index contributed by atoms with van der Waals surface area (Å²) in [6, 6.07) is 16.3. The average molecular weight is 371 g/mol. The molecule has 2 rings (SSSR count). The zero-order valence-electron chi connectivity index (χ0n) is 15.6. The van der Waals surface area contributed by atoms with Crippen LogP contribution in [0.5, 0.6) is 11.5 Å². The summed E-state index contributed by atoms with van der Waals surface area (Å²) in [7, 11) is 0. The highest BCUT2D eigenvalue weighted by Crippen LogP contribution is 2.16. The predicted molar refractivity (Wildman–Crippen MR) is 102 cm³/mol. The molecule has 0 saturated carbocycles. The Labute approximate surface area is 159 Å². The third kappa shape index (κ3) is 6.66. The predicted octanol–water partition coefficient (Wildman–Crippen LogP) is 2.91. The second kappa shape index (κ2) is 10.2. The van der Waals surface area contributed by atoms with E-state index in [0.717, 1.165) is 11.3 Å². The molecule has 0 fully saturated rings. The third-order valence-corrected chi connectivity index (χ3v) is 4.01. The van der Waals surface area contributed by atoms with Crippen molar-refractivity contribution < 1.29 is 24.2 Å². The first kappa shape index (κ1) is 20.3. The van der Waals surface area contributed by atoms with Gasteiger partial charge >= 0.3 is 5.97 Å². The Morgan fingerprint density at radius 3 is 2.30 bits per heavy atom. The minimum atomic E-state index is -0.958. The van der Waals surface area contributed by atoms with Gasteiger partial charge in [-0.2, -0.15) is 0 Å². The third-order valence-electron chi connectivity index (χ3n) is 4.01. The van der Waals surface area contributed by atoms with Crippen LogP contribution in [0.25, 0.3) is 0 Å². The molecule has 6 nitrogen and oxygen atoms in total. The monoisotopic (exact) mass is 371 g/mol. The van der Waals surface area contributed by atoms with Gasteiger partial charge in [0.1, 0.15) is 11.5 Å². The van der Waals surface area contributed by atoms with Crippen LogP contribution in [0, 0.1) is 5.92 Å². The number of para-hydroxylation sites is 1. The van der Waals surface area contributed by atoms with Crippen LogP contribution in [-0.2, 0) is 16.0 Å². The van der Waals surface area contributed by atoms with Gasteiger partial charge in [-0.15, -0.1) is 0 Å². The maximum Gasteiger partial charge on any atom is 0.308 e. The van der Waals surface area contributed by atoms with E-state index in [-0.39, 0.29) is 12.5 Å². The molecule has 1 amide bonds. The van der Waals surface area contributed by atoms with E-state index in [9.17, 15) is 14.7 Å². The molecule has 0 radical (unpaired) electrons. The summed E-state index contributed by atoms with van der Waals surface area (Å²) in [6.07, 6.45) is -0.400. The van der Waals surface area contributed by atoms with Gasteiger partial charge in [0.25, 0.3) is 5.91 Å². The van der Waals surface area contributed by atoms with Crippen LogP contribution in [0.3, 0.4) is 0 Å². The number of carbonyl (C=O) groups excluding carboxylic acids is 1. The topological polar surface area (TPSA) is 84.9 Å². The molecule has 0 spiro atoms. The standard InChI is InChI=1S/C21H25NO5/c1-3-26-18-11-9-16(10-12-18)13-17(21(24)25)14-22-20(23)15(2)27-19-7-5-4-6-8-19/h4-12,15,17H,3,13-14H2,1-2H3,(H,22,23)(H,24,25). The van der Waals surface area contributed by atoms with Gasteiger partial charge in [0.05, 0.1) is 12.5 Å². The van der Waals surface area contributed by atoms with Gasteiger partial charge in [-0.1, -0.05) is 30.3 Å². The number of nitrogens with one attached hydrogen (secondary N) is 1. The maximum atomic E-state index is 12.2. The quantitative estimate of drug-likeness (QED) is 0.671. The molecule has 0 saturated heterocycles. The normalized spacial score (nSPS) is 12.7. The summed E-state index contributed by atoms with van der Waals surface area (Å²) < 4.78 is 10.9. The van der Waals surface area contributed by atoms with E-state index in [2.05, 4.69) is 5.32 Å². The molecule has 0 aromatic heterocycles. The number of carboxylic acid groups (broad SMARTS) is 1. The van der Waals surface area contributed by atoms with Crippen molar-refractivity contribution in [3.63, 3.8) is 0 Å². The second-order valence-corrected chi connectivity index (χ2v) is 6.13. The van der Waals surface area contributed by atoms with Crippen molar-refractivity contribution in [2.24, 2.45) is 5.92 Å². The number of benzene rings is 2. The van der Waals surface area contributed by atoms with Crippen LogP contribution in [0.2, 0.25) is 0 Å². The van der Waals surface area contributed by atoms with E-state index in [4.69, 9.17) is 9.47 Å². The molecule has 0 aliphatic carbocycles. The molecule has 2 aromatic rings. The Kier molecular flexibility index (Phi) is 7.67. The summed E-state index contributed by atoms with van der Waals surface area (Å²) in [6.45, 7) is 4.14. The fraction of sp³-hybridized carbons (Fsp3) is 0.333. The van der Waals surface area contributed by atoms with Crippen molar-refractivity contribution in [1.29, 1.82) is 0 Å². The number of aliphatic carboxylic acids is 1. The van der Waals surface area contributed by atoms with E-state index in [1.807, 2.05) is 49.4 Å². The number of ether oxygens (including phenoxy) is 2. The summed E-state index contributed by atoms with van der Waals surface area (Å²) in [4.78, 5) is 23.7. The van der Waals surface area contributed by atoms with E-state index >= 15 is 0 Å². The molecular formula is C21H25NO5. The molecule has 27 heavy (non-hydrogen) atoms. The number of rotatable bonds is 10. The SMILES string of the molecule is CCOc1ccc(CC(CNC(=O)C(C)Oc2ccccc2)C(=O)O)cc1. The molecule has 2 aromatic carbocycles. The van der Waals surface area contributed by atoms with E-state index in [1.165, 1.54) is 0 Å². The van der Waals surface area contributed by atoms with E-state index in [1.54, 1.807) is 19.1 Å². The molecule has 2 atom stereocenters. The van der Waals surface area contributed by atoms with Gasteiger partial charge < -0.3 is 19.9 Å². The summed E-state index contributed by atoms with van der Waals surface area (Å²) in [5.41, 5.74) is 0.869. The fourth-order valence-electron chi connectivity index (χ4n) is 2.54. The molecule has 0 heterocycles. The first-order chi connectivity index (χ1) is 13.0. The number of amides is 1. The zero-order valence-corrected chi connectivity index (χ0v) is 15.6. The number of hydrogen-bond acceptors (Lipinski definition) is 4. The van der Waals surface area contributed by atoms with Crippen molar-refractivity contribution in [3.8, 4) is 11.5 Å². The Morgan fingerprint density at radius 2 is 1.70 bits per heavy atom. The van der Waals surface area contributed by atoms with Crippen molar-refractivity contribution in [2.75, 3.05) is 13.2 Å². The molecule has 2 unspecified atom stereocenters. The van der Waals surface area contributed by atoms with Crippen molar-refractivity contribution >= 4 is 11.9 Å². The lowest BCUT2D eigenvalue weighted by atomic mass is 9.99. The molecule has 2 N–H and O–H groups in total. The highest BCUT2D eigenvalue weighted by atomic mass is 16.5. The number of carboxylic acids is 1. The molecular weight excluding hydrogens is 346 g/mol. The maximum absolute atomic E-state index is 12.2. The molecule has 0 bridgehead atoms. The second-order valence-electron chi connectivity index (χ2n) is 6.13. The van der Waals surface area contributed by atoms with E-state index < -0.39 is 18.0 Å². The van der Waals surface area contributed by atoms with Crippen LogP contribution >= 0.6 is 0 Å². The smallest absolute Gasteiger partial charge is 0.308 e. The number of hydrogen-bond donors (Lipinski definition) is 2. The average Bonchev–Trinajstić information content (AvgIpc) is 2.67. The first-order valence-corrected chi connectivity index (χ1v) is 8.93. The van der Waals surface area contributed by atoms with Crippen LogP contribution in [-0.4, -0.2) is 36.2 Å². The summed E-state index contributed by atoms with van der Waals surface area (Å²) in [5.74, 6) is -0.703. The Morgan fingerprint density at radius 1 is 1.04 bits per heavy atom. The van der Waals surface area contributed by atoms with Crippen LogP contribution in [0.1, 0.15) is 19.4 Å². The van der Waals surface area contributed by atoms with Crippen LogP contribution < -0.4 is 14.8 Å². The van der Waals surface area contributed by atoms with Gasteiger partial charge in [0.2, 0.25) is 0 Å². The largest absolute Gasteiger partial charge is 0.494 e. The van der Waals surface area contributed by atoms with Crippen LogP contribution in [0.4, 0.5) is 0 Å². The Hall–Kier alpha value is -3.02. The fourth-order valence-corrected chi connectivity index (χ4v) is 2.54. The lowest BCUT2D eigenvalue weighted by molar-refractivity contribution is -0.141. The lowest BCUT2D eigenvalue weighted by Gasteiger charge is -2.17. The molecule has 0 aliphatic rings. The van der Waals surface area contributed by atoms with Crippen LogP contribution in [0.15, 0.2) is 54.6 Å². The lowest BCUT2D eigenvalue weighted by Crippen LogP contribution is -2.40. The van der Waals surface area contributed by atoms with Gasteiger partial charge in [-0.3, -0.25) is 9.59 Å². The van der Waals surface area contributed by atoms with Gasteiger partial charge in [0, 0.05) is 6.54 Å². The highest BCUT2D eigenvalue weighted by Gasteiger charge is 2.21. The van der Waals surface area contributed by atoms with Gasteiger partial charge in [0.15, 0.2) is 6.10 Å². The summed E-state index contributed by atoms with van der Waals surface area (Å²) >= 11 is 0. The zero-order chi connectivity index (χ0) is 19.6. The van der Waals surface area contributed by atoms with Gasteiger partial charge in [-0.05, 0) is 50.1 Å². The summed E-state index contributed by atoms with van der Waals surface area (Å²) in [5, 5.41) is 12.1. The highest BCUT2D eigenvalue weighted by molar-refractivity contribution is 5.81. The molecule has 144 valence electrons. The van der Waals surface area contributed by atoms with Gasteiger partial charge in [-0.25, -0.2) is 0 Å². The molecule has 0 aliphatic heterocycles. The van der Waals surface area contributed by atoms with E-state index in [0.29, 0.717) is 18.8 Å². The van der Waals surface area contributed by atoms with Crippen molar-refractivity contribution in [3.05, 3.63) is 60.2 Å². The first-order valence-electron chi connectivity index (χ1n) is 8.93. The number of carbonyl (C=O) groups is 2. The Bertz CT molecular complexity index is 730.